The number of amides is 1. The zero-order valence-electron chi connectivity index (χ0n) is 11.7. The summed E-state index contributed by atoms with van der Waals surface area (Å²) in [5.41, 5.74) is 2.92. The number of carbonyl (C=O) groups is 1. The minimum Gasteiger partial charge on any atom is -0.313 e. The van der Waals surface area contributed by atoms with E-state index in [1.54, 1.807) is 0 Å². The molecule has 0 unspecified atom stereocenters. The molecule has 3 nitrogen and oxygen atoms in total. The van der Waals surface area contributed by atoms with Crippen LogP contribution < -0.4 is 5.32 Å². The zero-order chi connectivity index (χ0) is 14.3. The predicted molar refractivity (Wildman–Crippen MR) is 82.7 cm³/mol. The van der Waals surface area contributed by atoms with E-state index in [4.69, 9.17) is 0 Å². The lowest BCUT2D eigenvalue weighted by Gasteiger charge is -2.15. The monoisotopic (exact) mass is 276 g/mol. The zero-order valence-corrected chi connectivity index (χ0v) is 11.7. The molecule has 1 aliphatic heterocycles. The van der Waals surface area contributed by atoms with Gasteiger partial charge in [0.25, 0.3) is 0 Å². The molecule has 1 aliphatic carbocycles. The van der Waals surface area contributed by atoms with Crippen molar-refractivity contribution < 1.29 is 4.79 Å². The molecule has 2 aliphatic rings. The first-order chi connectivity index (χ1) is 10.3. The highest BCUT2D eigenvalue weighted by Crippen LogP contribution is 2.48. The Morgan fingerprint density at radius 1 is 1.00 bits per heavy atom. The lowest BCUT2D eigenvalue weighted by molar-refractivity contribution is -0.122. The summed E-state index contributed by atoms with van der Waals surface area (Å²) in [6.07, 6.45) is 2.55. The third-order valence-electron chi connectivity index (χ3n) is 4.37. The van der Waals surface area contributed by atoms with Gasteiger partial charge in [-0.1, -0.05) is 48.5 Å². The van der Waals surface area contributed by atoms with Crippen LogP contribution in [0.5, 0.6) is 0 Å². The molecule has 0 aromatic heterocycles. The summed E-state index contributed by atoms with van der Waals surface area (Å²) < 4.78 is 0. The largest absolute Gasteiger partial charge is 0.313 e. The number of para-hydroxylation sites is 1. The number of benzene rings is 2. The van der Waals surface area contributed by atoms with Crippen molar-refractivity contribution in [2.24, 2.45) is 4.99 Å². The molecule has 0 spiro atoms. The summed E-state index contributed by atoms with van der Waals surface area (Å²) in [5.74, 6) is 0.851. The van der Waals surface area contributed by atoms with Gasteiger partial charge < -0.3 is 5.32 Å². The van der Waals surface area contributed by atoms with Crippen LogP contribution in [-0.4, -0.2) is 11.7 Å². The highest BCUT2D eigenvalue weighted by Gasteiger charge is 2.51. The quantitative estimate of drug-likeness (QED) is 0.899. The van der Waals surface area contributed by atoms with Gasteiger partial charge in [-0.15, -0.1) is 0 Å². The summed E-state index contributed by atoms with van der Waals surface area (Å²) in [6.45, 7) is 0. The fraction of sp³-hybridized carbons (Fsp3) is 0.222. The highest BCUT2D eigenvalue weighted by molar-refractivity contribution is 6.07. The number of hydrogen-bond acceptors (Lipinski definition) is 2. The van der Waals surface area contributed by atoms with E-state index in [0.29, 0.717) is 6.42 Å². The molecule has 0 saturated heterocycles. The summed E-state index contributed by atoms with van der Waals surface area (Å²) in [7, 11) is 0. The molecule has 2 aromatic rings. The third-order valence-corrected chi connectivity index (χ3v) is 4.37. The number of rotatable bonds is 2. The average Bonchev–Trinajstić information content (AvgIpc) is 3.23. The normalized spacial score (nSPS) is 17.8. The Hall–Kier alpha value is -2.42. The maximum absolute atomic E-state index is 12.6. The number of nitrogens with one attached hydrogen (secondary N) is 1. The van der Waals surface area contributed by atoms with Crippen molar-refractivity contribution >= 4 is 17.4 Å². The molecule has 3 heteroatoms. The molecule has 1 heterocycles. The molecular weight excluding hydrogens is 260 g/mol. The molecule has 0 atom stereocenters. The van der Waals surface area contributed by atoms with Gasteiger partial charge in [0.15, 0.2) is 0 Å². The second-order valence-corrected chi connectivity index (χ2v) is 5.77. The summed E-state index contributed by atoms with van der Waals surface area (Å²) in [5, 5.41) is 3.04. The van der Waals surface area contributed by atoms with Crippen LogP contribution in [0.2, 0.25) is 0 Å². The van der Waals surface area contributed by atoms with E-state index in [9.17, 15) is 4.79 Å². The molecule has 1 N–H and O–H groups in total. The lowest BCUT2D eigenvalue weighted by Crippen LogP contribution is -2.38. The fourth-order valence-electron chi connectivity index (χ4n) is 2.99. The molecule has 2 aromatic carbocycles. The number of carbonyl (C=O) groups excluding carboxylic acids is 1. The van der Waals surface area contributed by atoms with Crippen molar-refractivity contribution in [2.45, 2.75) is 24.7 Å². The van der Waals surface area contributed by atoms with Crippen LogP contribution in [0, 0.1) is 0 Å². The van der Waals surface area contributed by atoms with Crippen molar-refractivity contribution in [3.63, 3.8) is 0 Å². The van der Waals surface area contributed by atoms with Gasteiger partial charge in [0.2, 0.25) is 5.91 Å². The molecule has 1 amide bonds. The van der Waals surface area contributed by atoms with Gasteiger partial charge in [-0.25, -0.2) is 4.99 Å². The molecule has 104 valence electrons. The Bertz CT molecular complexity index is 730. The van der Waals surface area contributed by atoms with Crippen LogP contribution >= 0.6 is 0 Å². The first-order valence-electron chi connectivity index (χ1n) is 7.30. The Morgan fingerprint density at radius 3 is 2.43 bits per heavy atom. The first kappa shape index (κ1) is 12.3. The molecule has 1 saturated carbocycles. The summed E-state index contributed by atoms with van der Waals surface area (Å²) >= 11 is 0. The van der Waals surface area contributed by atoms with Crippen LogP contribution in [0.1, 0.15) is 24.0 Å². The van der Waals surface area contributed by atoms with Crippen LogP contribution in [-0.2, 0) is 16.6 Å². The van der Waals surface area contributed by atoms with E-state index in [-0.39, 0.29) is 11.3 Å². The number of nitrogens with zero attached hydrogens (tertiary/aromatic N) is 1. The Morgan fingerprint density at radius 2 is 1.71 bits per heavy atom. The van der Waals surface area contributed by atoms with E-state index in [0.717, 1.165) is 29.9 Å². The SMILES string of the molecule is O=C(NC1=Nc2ccccc2C1)C1(c2ccccc2)CC1. The standard InChI is InChI=1S/C18H16N2O/c21-17(18(10-11-18)14-7-2-1-3-8-14)20-16-12-13-6-4-5-9-15(13)19-16/h1-9H,10-12H2,(H,19,20,21). The van der Waals surface area contributed by atoms with E-state index < -0.39 is 0 Å². The maximum Gasteiger partial charge on any atom is 0.235 e. The van der Waals surface area contributed by atoms with E-state index in [1.165, 1.54) is 5.56 Å². The topological polar surface area (TPSA) is 41.5 Å². The van der Waals surface area contributed by atoms with Crippen molar-refractivity contribution in [3.8, 4) is 0 Å². The Balaban J connectivity index is 1.53. The summed E-state index contributed by atoms with van der Waals surface area (Å²) in [4.78, 5) is 17.2. The van der Waals surface area contributed by atoms with Crippen LogP contribution in [0.4, 0.5) is 5.69 Å². The smallest absolute Gasteiger partial charge is 0.235 e. The van der Waals surface area contributed by atoms with E-state index >= 15 is 0 Å². The lowest BCUT2D eigenvalue weighted by atomic mass is 9.95. The van der Waals surface area contributed by atoms with Gasteiger partial charge in [-0.3, -0.25) is 4.79 Å². The van der Waals surface area contributed by atoms with E-state index in [1.807, 2.05) is 48.5 Å². The minimum atomic E-state index is -0.335. The van der Waals surface area contributed by atoms with Gasteiger partial charge >= 0.3 is 0 Å². The number of hydrogen-bond donors (Lipinski definition) is 1. The van der Waals surface area contributed by atoms with Gasteiger partial charge in [0.1, 0.15) is 5.84 Å². The van der Waals surface area contributed by atoms with Gasteiger partial charge in [0.05, 0.1) is 11.1 Å². The number of amidine groups is 1. The molecule has 21 heavy (non-hydrogen) atoms. The Labute approximate surface area is 123 Å². The second kappa shape index (κ2) is 4.55. The minimum absolute atomic E-state index is 0.0836. The van der Waals surface area contributed by atoms with Crippen molar-refractivity contribution in [1.29, 1.82) is 0 Å². The Kier molecular flexibility index (Phi) is 2.67. The average molecular weight is 276 g/mol. The van der Waals surface area contributed by atoms with Crippen LogP contribution in [0.15, 0.2) is 59.6 Å². The van der Waals surface area contributed by atoms with Crippen LogP contribution in [0.25, 0.3) is 0 Å². The van der Waals surface area contributed by atoms with Gasteiger partial charge in [-0.2, -0.15) is 0 Å². The maximum atomic E-state index is 12.6. The molecule has 1 fully saturated rings. The summed E-state index contributed by atoms with van der Waals surface area (Å²) in [6, 6.07) is 18.1. The van der Waals surface area contributed by atoms with E-state index in [2.05, 4.69) is 16.4 Å². The van der Waals surface area contributed by atoms with Crippen molar-refractivity contribution in [3.05, 3.63) is 65.7 Å². The fourth-order valence-corrected chi connectivity index (χ4v) is 2.99. The molecule has 4 rings (SSSR count). The van der Waals surface area contributed by atoms with Crippen molar-refractivity contribution in [1.82, 2.24) is 5.32 Å². The highest BCUT2D eigenvalue weighted by atomic mass is 16.2. The second-order valence-electron chi connectivity index (χ2n) is 5.77. The van der Waals surface area contributed by atoms with Crippen LogP contribution in [0.3, 0.4) is 0 Å². The van der Waals surface area contributed by atoms with Gasteiger partial charge in [-0.05, 0) is 30.0 Å². The predicted octanol–water partition coefficient (Wildman–Crippen LogP) is 3.12. The molecular formula is C18H16N2O. The number of fused-ring (bicyclic) bond motifs is 1. The number of aliphatic imine (C=N–C) groups is 1. The molecule has 0 radical (unpaired) electrons. The first-order valence-corrected chi connectivity index (χ1v) is 7.30. The van der Waals surface area contributed by atoms with Gasteiger partial charge in [0, 0.05) is 6.42 Å². The van der Waals surface area contributed by atoms with Crippen molar-refractivity contribution in [2.75, 3.05) is 0 Å². The third kappa shape index (κ3) is 2.05. The molecule has 0 bridgehead atoms.